The Morgan fingerprint density at radius 1 is 1.14 bits per heavy atom. The molecule has 0 amide bonds. The van der Waals surface area contributed by atoms with Crippen LogP contribution in [0, 0.1) is 6.92 Å². The van der Waals surface area contributed by atoms with Gasteiger partial charge in [0.25, 0.3) is 0 Å². The molecule has 28 heavy (non-hydrogen) atoms. The molecule has 0 aromatic heterocycles. The first-order valence-electron chi connectivity index (χ1n) is 9.24. The first-order chi connectivity index (χ1) is 13.1. The van der Waals surface area contributed by atoms with E-state index in [9.17, 15) is 5.11 Å². The minimum Gasteiger partial charge on any atom is -0.506 e. The maximum atomic E-state index is 10.1. The highest BCUT2D eigenvalue weighted by atomic mass is 127. The molecule has 1 aliphatic heterocycles. The summed E-state index contributed by atoms with van der Waals surface area (Å²) in [4.78, 5) is 8.91. The number of hydrogen-bond donors (Lipinski definition) is 2. The highest BCUT2D eigenvalue weighted by Gasteiger charge is 2.21. The third-order valence-corrected chi connectivity index (χ3v) is 4.92. The molecule has 0 unspecified atom stereocenters. The summed E-state index contributed by atoms with van der Waals surface area (Å²) in [6, 6.07) is 13.7. The molecule has 0 atom stereocenters. The van der Waals surface area contributed by atoms with Crippen molar-refractivity contribution in [3.8, 4) is 11.5 Å². The van der Waals surface area contributed by atoms with E-state index in [4.69, 9.17) is 4.74 Å². The molecule has 0 aliphatic carbocycles. The van der Waals surface area contributed by atoms with Gasteiger partial charge in [0.2, 0.25) is 0 Å². The zero-order chi connectivity index (χ0) is 19.2. The monoisotopic (exact) mass is 496 g/mol. The van der Waals surface area contributed by atoms with Crippen molar-refractivity contribution in [3.63, 3.8) is 0 Å². The van der Waals surface area contributed by atoms with Crippen LogP contribution in [0.5, 0.6) is 11.5 Å². The van der Waals surface area contributed by atoms with Gasteiger partial charge in [-0.05, 0) is 36.2 Å². The van der Waals surface area contributed by atoms with Gasteiger partial charge in [0.05, 0.1) is 12.8 Å². The maximum Gasteiger partial charge on any atom is 0.194 e. The third kappa shape index (κ3) is 5.21. The van der Waals surface area contributed by atoms with Gasteiger partial charge in [0.1, 0.15) is 11.5 Å². The summed E-state index contributed by atoms with van der Waals surface area (Å²) < 4.78 is 5.32. The number of nitrogens with one attached hydrogen (secondary N) is 1. The molecular weight excluding hydrogens is 467 g/mol. The van der Waals surface area contributed by atoms with E-state index >= 15 is 0 Å². The van der Waals surface area contributed by atoms with Gasteiger partial charge in [0.15, 0.2) is 5.96 Å². The van der Waals surface area contributed by atoms with E-state index in [1.165, 1.54) is 5.56 Å². The van der Waals surface area contributed by atoms with Crippen LogP contribution in [-0.4, -0.2) is 56.3 Å². The Kier molecular flexibility index (Phi) is 8.22. The lowest BCUT2D eigenvalue weighted by Gasteiger charge is -2.37. The predicted octanol–water partition coefficient (Wildman–Crippen LogP) is 3.22. The van der Waals surface area contributed by atoms with Gasteiger partial charge in [-0.25, -0.2) is 0 Å². The Morgan fingerprint density at radius 2 is 1.86 bits per heavy atom. The van der Waals surface area contributed by atoms with Gasteiger partial charge in [-0.2, -0.15) is 0 Å². The number of para-hydroxylation sites is 2. The molecule has 2 aromatic carbocycles. The van der Waals surface area contributed by atoms with E-state index in [0.717, 1.165) is 55.7 Å². The van der Waals surface area contributed by atoms with E-state index in [1.807, 2.05) is 31.3 Å². The zero-order valence-electron chi connectivity index (χ0n) is 16.7. The molecule has 6 nitrogen and oxygen atoms in total. The molecule has 2 aromatic rings. The number of guanidine groups is 1. The SMILES string of the molecule is CN=C(NCc1ccc(OC)c(C)c1)N1CCN(c2ccccc2O)CC1.I. The van der Waals surface area contributed by atoms with Crippen molar-refractivity contribution in [2.24, 2.45) is 4.99 Å². The molecule has 152 valence electrons. The van der Waals surface area contributed by atoms with Crippen LogP contribution in [0.4, 0.5) is 5.69 Å². The zero-order valence-corrected chi connectivity index (χ0v) is 19.0. The van der Waals surface area contributed by atoms with Crippen LogP contribution in [0.2, 0.25) is 0 Å². The summed E-state index contributed by atoms with van der Waals surface area (Å²) in [5.74, 6) is 2.15. The summed E-state index contributed by atoms with van der Waals surface area (Å²) in [5, 5.41) is 13.5. The number of ether oxygens (including phenoxy) is 1. The second kappa shape index (κ2) is 10.4. The number of rotatable bonds is 4. The van der Waals surface area contributed by atoms with E-state index in [2.05, 4.69) is 39.2 Å². The molecule has 0 saturated carbocycles. The largest absolute Gasteiger partial charge is 0.506 e. The fourth-order valence-electron chi connectivity index (χ4n) is 3.45. The molecule has 1 saturated heterocycles. The van der Waals surface area contributed by atoms with Crippen molar-refractivity contribution in [1.29, 1.82) is 0 Å². The van der Waals surface area contributed by atoms with Crippen molar-refractivity contribution in [3.05, 3.63) is 53.6 Å². The van der Waals surface area contributed by atoms with Crippen LogP contribution in [0.25, 0.3) is 0 Å². The number of hydrogen-bond acceptors (Lipinski definition) is 4. The highest BCUT2D eigenvalue weighted by Crippen LogP contribution is 2.27. The lowest BCUT2D eigenvalue weighted by atomic mass is 10.1. The van der Waals surface area contributed by atoms with Crippen LogP contribution in [-0.2, 0) is 6.54 Å². The number of phenolic OH excluding ortho intramolecular Hbond substituents is 1. The molecule has 1 heterocycles. The van der Waals surface area contributed by atoms with Gasteiger partial charge in [0, 0.05) is 39.8 Å². The number of piperazine rings is 1. The Balaban J connectivity index is 0.00000280. The molecule has 7 heteroatoms. The number of anilines is 1. The highest BCUT2D eigenvalue weighted by molar-refractivity contribution is 14.0. The van der Waals surface area contributed by atoms with Gasteiger partial charge in [-0.15, -0.1) is 24.0 Å². The Labute approximate surface area is 184 Å². The van der Waals surface area contributed by atoms with Crippen molar-refractivity contribution in [1.82, 2.24) is 10.2 Å². The van der Waals surface area contributed by atoms with Crippen molar-refractivity contribution >= 4 is 35.6 Å². The summed E-state index contributed by atoms with van der Waals surface area (Å²) in [7, 11) is 3.51. The summed E-state index contributed by atoms with van der Waals surface area (Å²) >= 11 is 0. The van der Waals surface area contributed by atoms with Crippen molar-refractivity contribution in [2.75, 3.05) is 45.2 Å². The van der Waals surface area contributed by atoms with Gasteiger partial charge in [-0.3, -0.25) is 4.99 Å². The van der Waals surface area contributed by atoms with Gasteiger partial charge < -0.3 is 25.0 Å². The van der Waals surface area contributed by atoms with Gasteiger partial charge in [-0.1, -0.05) is 24.3 Å². The first kappa shape index (κ1) is 22.1. The maximum absolute atomic E-state index is 10.1. The second-order valence-electron chi connectivity index (χ2n) is 6.67. The van der Waals surface area contributed by atoms with E-state index < -0.39 is 0 Å². The van der Waals surface area contributed by atoms with Crippen LogP contribution >= 0.6 is 24.0 Å². The van der Waals surface area contributed by atoms with Crippen LogP contribution in [0.3, 0.4) is 0 Å². The number of aromatic hydroxyl groups is 1. The smallest absolute Gasteiger partial charge is 0.194 e. The van der Waals surface area contributed by atoms with E-state index in [0.29, 0.717) is 5.75 Å². The number of benzene rings is 2. The predicted molar refractivity (Wildman–Crippen MR) is 125 cm³/mol. The fraction of sp³-hybridized carbons (Fsp3) is 0.381. The molecule has 2 N–H and O–H groups in total. The Hall–Kier alpha value is -2.16. The molecule has 0 bridgehead atoms. The average Bonchev–Trinajstić information content (AvgIpc) is 2.69. The Morgan fingerprint density at radius 3 is 2.46 bits per heavy atom. The molecule has 0 radical (unpaired) electrons. The number of nitrogens with zero attached hydrogens (tertiary/aromatic N) is 3. The van der Waals surface area contributed by atoms with Crippen molar-refractivity contribution < 1.29 is 9.84 Å². The van der Waals surface area contributed by atoms with Gasteiger partial charge >= 0.3 is 0 Å². The molecular formula is C21H29IN4O2. The lowest BCUT2D eigenvalue weighted by molar-refractivity contribution is 0.369. The topological polar surface area (TPSA) is 60.3 Å². The van der Waals surface area contributed by atoms with Crippen LogP contribution < -0.4 is 15.0 Å². The van der Waals surface area contributed by atoms with Crippen LogP contribution in [0.15, 0.2) is 47.5 Å². The number of methoxy groups -OCH3 is 1. The van der Waals surface area contributed by atoms with Crippen molar-refractivity contribution in [2.45, 2.75) is 13.5 Å². The number of halogens is 1. The molecule has 1 aliphatic rings. The number of aliphatic imine (C=N–C) groups is 1. The second-order valence-corrected chi connectivity index (χ2v) is 6.67. The minimum atomic E-state index is 0. The summed E-state index contributed by atoms with van der Waals surface area (Å²) in [6.45, 7) is 6.18. The molecule has 3 rings (SSSR count). The van der Waals surface area contributed by atoms with E-state index in [1.54, 1.807) is 13.2 Å². The van der Waals surface area contributed by atoms with Crippen LogP contribution in [0.1, 0.15) is 11.1 Å². The minimum absolute atomic E-state index is 0. The molecule has 0 spiro atoms. The standard InChI is InChI=1S/C21H28N4O2.HI/c1-16-14-17(8-9-20(16)27-3)15-23-21(22-2)25-12-10-24(11-13-25)18-6-4-5-7-19(18)26;/h4-9,14,26H,10-13,15H2,1-3H3,(H,22,23);1H. The summed E-state index contributed by atoms with van der Waals surface area (Å²) in [5.41, 5.74) is 3.22. The third-order valence-electron chi connectivity index (χ3n) is 4.92. The fourth-order valence-corrected chi connectivity index (χ4v) is 3.45. The van der Waals surface area contributed by atoms with E-state index in [-0.39, 0.29) is 24.0 Å². The Bertz CT molecular complexity index is 805. The number of phenols is 1. The average molecular weight is 496 g/mol. The number of aryl methyl sites for hydroxylation is 1. The lowest BCUT2D eigenvalue weighted by Crippen LogP contribution is -2.52. The molecule has 1 fully saturated rings. The quantitative estimate of drug-likeness (QED) is 0.387. The normalized spacial score (nSPS) is 14.5. The first-order valence-corrected chi connectivity index (χ1v) is 9.24. The summed E-state index contributed by atoms with van der Waals surface area (Å²) in [6.07, 6.45) is 0.